The number of hydrogen-bond donors (Lipinski definition) is 1. The fourth-order valence-corrected chi connectivity index (χ4v) is 3.41. The number of piperidine rings is 1. The van der Waals surface area contributed by atoms with Crippen LogP contribution < -0.4 is 5.32 Å². The first kappa shape index (κ1) is 18.8. The first-order valence-corrected chi connectivity index (χ1v) is 8.87. The Morgan fingerprint density at radius 1 is 1.29 bits per heavy atom. The van der Waals surface area contributed by atoms with Gasteiger partial charge in [0.25, 0.3) is 0 Å². The van der Waals surface area contributed by atoms with Gasteiger partial charge >= 0.3 is 6.09 Å². The van der Waals surface area contributed by atoms with Crippen molar-refractivity contribution in [3.63, 3.8) is 0 Å². The van der Waals surface area contributed by atoms with Crippen molar-refractivity contribution in [3.8, 4) is 0 Å². The summed E-state index contributed by atoms with van der Waals surface area (Å²) in [5, 5.41) is 2.74. The predicted octanol–water partition coefficient (Wildman–Crippen LogP) is 1.07. The van der Waals surface area contributed by atoms with E-state index >= 15 is 0 Å². The van der Waals surface area contributed by atoms with Crippen LogP contribution in [0.4, 0.5) is 4.79 Å². The van der Waals surface area contributed by atoms with Gasteiger partial charge in [0.1, 0.15) is 17.3 Å². The Bertz CT molecular complexity index is 531. The molecule has 0 spiro atoms. The summed E-state index contributed by atoms with van der Waals surface area (Å²) in [6.07, 6.45) is 1.88. The fourth-order valence-electron chi connectivity index (χ4n) is 3.41. The summed E-state index contributed by atoms with van der Waals surface area (Å²) < 4.78 is 5.30. The van der Waals surface area contributed by atoms with E-state index in [0.717, 1.165) is 19.3 Å². The van der Waals surface area contributed by atoms with Crippen molar-refractivity contribution in [1.29, 1.82) is 0 Å². The maximum atomic E-state index is 13.1. The molecule has 0 bridgehead atoms. The maximum absolute atomic E-state index is 13.1. The number of nitrogens with zero attached hydrogens (tertiary/aromatic N) is 1. The SMILES string of the molecule is BC(=O)[C@@H]1CC2CC2N1C(=O)[C@@H](NC(=O)OC(C)(C)C)C(C)CC. The van der Waals surface area contributed by atoms with E-state index in [9.17, 15) is 14.4 Å². The number of rotatable bonds is 5. The molecule has 1 saturated heterocycles. The van der Waals surface area contributed by atoms with Gasteiger partial charge in [0.05, 0.1) is 6.04 Å². The Hall–Kier alpha value is -1.53. The molecule has 6 nitrogen and oxygen atoms in total. The van der Waals surface area contributed by atoms with Crippen molar-refractivity contribution in [1.82, 2.24) is 10.2 Å². The van der Waals surface area contributed by atoms with Gasteiger partial charge in [0.15, 0.2) is 7.85 Å². The van der Waals surface area contributed by atoms with Gasteiger partial charge in [0.2, 0.25) is 5.91 Å². The zero-order chi connectivity index (χ0) is 18.2. The number of hydrogen-bond acceptors (Lipinski definition) is 4. The topological polar surface area (TPSA) is 75.7 Å². The zero-order valence-corrected chi connectivity index (χ0v) is 15.6. The average Bonchev–Trinajstić information content (AvgIpc) is 3.11. The lowest BCUT2D eigenvalue weighted by molar-refractivity contribution is -0.139. The molecule has 0 aromatic carbocycles. The van der Waals surface area contributed by atoms with Crippen LogP contribution in [0.25, 0.3) is 0 Å². The van der Waals surface area contributed by atoms with E-state index in [1.165, 1.54) is 7.85 Å². The Labute approximate surface area is 145 Å². The largest absolute Gasteiger partial charge is 0.444 e. The first-order chi connectivity index (χ1) is 11.0. The summed E-state index contributed by atoms with van der Waals surface area (Å²) >= 11 is 0. The highest BCUT2D eigenvalue weighted by Crippen LogP contribution is 2.48. The smallest absolute Gasteiger partial charge is 0.408 e. The Morgan fingerprint density at radius 2 is 1.92 bits per heavy atom. The van der Waals surface area contributed by atoms with Crippen molar-refractivity contribution in [3.05, 3.63) is 0 Å². The molecule has 2 amide bonds. The Kier molecular flexibility index (Phi) is 5.30. The van der Waals surface area contributed by atoms with E-state index in [0.29, 0.717) is 5.92 Å². The number of likely N-dealkylation sites (tertiary alicyclic amines) is 1. The predicted molar refractivity (Wildman–Crippen MR) is 93.3 cm³/mol. The third-order valence-corrected chi connectivity index (χ3v) is 4.98. The number of fused-ring (bicyclic) bond motifs is 1. The number of ether oxygens (including phenoxy) is 1. The Morgan fingerprint density at radius 3 is 2.42 bits per heavy atom. The van der Waals surface area contributed by atoms with Crippen LogP contribution in [-0.2, 0) is 14.3 Å². The Balaban J connectivity index is 2.13. The quantitative estimate of drug-likeness (QED) is 0.762. The van der Waals surface area contributed by atoms with Crippen molar-refractivity contribution in [2.24, 2.45) is 11.8 Å². The number of alkyl carbamates (subject to hydrolysis) is 1. The molecule has 1 heterocycles. The molecular formula is C17H29BN2O4. The monoisotopic (exact) mass is 336 g/mol. The van der Waals surface area contributed by atoms with Crippen LogP contribution in [0.2, 0.25) is 0 Å². The van der Waals surface area contributed by atoms with Gasteiger partial charge in [-0.15, -0.1) is 0 Å². The van der Waals surface area contributed by atoms with Crippen molar-refractivity contribution < 1.29 is 19.1 Å². The molecule has 134 valence electrons. The summed E-state index contributed by atoms with van der Waals surface area (Å²) in [6.45, 7) is 9.27. The molecule has 5 atom stereocenters. The number of carbonyl (C=O) groups is 3. The molecule has 2 fully saturated rings. The van der Waals surface area contributed by atoms with Crippen molar-refractivity contribution >= 4 is 25.5 Å². The van der Waals surface area contributed by atoms with Crippen molar-refractivity contribution in [2.75, 3.05) is 0 Å². The number of amides is 2. The molecule has 0 aromatic rings. The van der Waals surface area contributed by atoms with Gasteiger partial charge in [-0.1, -0.05) is 20.3 Å². The highest BCUT2D eigenvalue weighted by molar-refractivity contribution is 6.59. The van der Waals surface area contributed by atoms with E-state index in [4.69, 9.17) is 4.74 Å². The van der Waals surface area contributed by atoms with Crippen LogP contribution >= 0.6 is 0 Å². The van der Waals surface area contributed by atoms with Gasteiger partial charge in [-0.3, -0.25) is 4.79 Å². The summed E-state index contributed by atoms with van der Waals surface area (Å²) in [5.74, 6) is 0.262. The third-order valence-electron chi connectivity index (χ3n) is 4.98. The highest BCUT2D eigenvalue weighted by Gasteiger charge is 2.56. The minimum Gasteiger partial charge on any atom is -0.444 e. The molecule has 0 radical (unpaired) electrons. The summed E-state index contributed by atoms with van der Waals surface area (Å²) in [5.41, 5.74) is -0.597. The average molecular weight is 336 g/mol. The molecule has 3 unspecified atom stereocenters. The van der Waals surface area contributed by atoms with Crippen LogP contribution in [0.1, 0.15) is 53.9 Å². The number of nitrogens with one attached hydrogen (secondary N) is 1. The van der Waals surface area contributed by atoms with Gasteiger partial charge < -0.3 is 19.7 Å². The van der Waals surface area contributed by atoms with Crippen LogP contribution in [0.3, 0.4) is 0 Å². The van der Waals surface area contributed by atoms with E-state index in [2.05, 4.69) is 5.32 Å². The first-order valence-electron chi connectivity index (χ1n) is 8.87. The van der Waals surface area contributed by atoms with Crippen LogP contribution in [0.15, 0.2) is 0 Å². The number of carbonyl (C=O) groups excluding carboxylic acids is 3. The van der Waals surface area contributed by atoms with Crippen molar-refractivity contribution in [2.45, 2.75) is 77.6 Å². The molecule has 24 heavy (non-hydrogen) atoms. The van der Waals surface area contributed by atoms with Crippen LogP contribution in [-0.4, -0.2) is 54.2 Å². The second-order valence-electron chi connectivity index (χ2n) is 8.18. The zero-order valence-electron chi connectivity index (χ0n) is 15.6. The lowest BCUT2D eigenvalue weighted by Gasteiger charge is -2.33. The molecule has 2 aliphatic rings. The normalized spacial score (nSPS) is 27.9. The standard InChI is InChI=1S/C17H29BN2O4/c1-6-9(2)13(19-16(23)24-17(3,4)5)15(22)20-11-7-10(11)8-12(20)14(18)21/h9-13H,6-8,18H2,1-5H3,(H,19,23)/t9?,10?,11?,12-,13-/m0/s1. The highest BCUT2D eigenvalue weighted by atomic mass is 16.6. The molecule has 0 aromatic heterocycles. The molecule has 7 heteroatoms. The van der Waals surface area contributed by atoms with Crippen LogP contribution in [0.5, 0.6) is 0 Å². The van der Waals surface area contributed by atoms with E-state index in [1.807, 2.05) is 13.8 Å². The summed E-state index contributed by atoms with van der Waals surface area (Å²) in [6, 6.07) is -0.835. The van der Waals surface area contributed by atoms with E-state index in [1.54, 1.807) is 25.7 Å². The van der Waals surface area contributed by atoms with Gasteiger partial charge in [-0.25, -0.2) is 4.79 Å². The lowest BCUT2D eigenvalue weighted by Crippen LogP contribution is -2.55. The van der Waals surface area contributed by atoms with Gasteiger partial charge in [-0.2, -0.15) is 0 Å². The molecule has 1 aliphatic carbocycles. The minimum atomic E-state index is -0.661. The summed E-state index contributed by atoms with van der Waals surface area (Å²) in [7, 11) is 1.54. The molecule has 1 aliphatic heterocycles. The maximum Gasteiger partial charge on any atom is 0.408 e. The van der Waals surface area contributed by atoms with E-state index < -0.39 is 17.7 Å². The van der Waals surface area contributed by atoms with Crippen LogP contribution in [0, 0.1) is 11.8 Å². The second-order valence-corrected chi connectivity index (χ2v) is 8.18. The summed E-state index contributed by atoms with van der Waals surface area (Å²) in [4.78, 5) is 38.9. The fraction of sp³-hybridized carbons (Fsp3) is 0.824. The van der Waals surface area contributed by atoms with Gasteiger partial charge in [0, 0.05) is 6.04 Å². The minimum absolute atomic E-state index is 0.0238. The van der Waals surface area contributed by atoms with Gasteiger partial charge in [-0.05, 0) is 45.4 Å². The molecule has 1 saturated carbocycles. The molecule has 1 N–H and O–H groups in total. The third kappa shape index (κ3) is 4.11. The van der Waals surface area contributed by atoms with E-state index in [-0.39, 0.29) is 29.6 Å². The second kappa shape index (κ2) is 6.77. The lowest BCUT2D eigenvalue weighted by atomic mass is 9.90. The molecular weight excluding hydrogens is 307 g/mol. The molecule has 2 rings (SSSR count).